The zero-order chi connectivity index (χ0) is 31.0. The van der Waals surface area contributed by atoms with E-state index in [0.717, 1.165) is 42.4 Å². The first-order valence-electron chi connectivity index (χ1n) is 14.8. The molecule has 0 spiro atoms. The molecule has 43 heavy (non-hydrogen) atoms. The second-order valence-electron chi connectivity index (χ2n) is 12.3. The highest BCUT2D eigenvalue weighted by Crippen LogP contribution is 2.39. The number of aliphatic carboxylic acids is 1. The number of carboxylic acid groups (broad SMARTS) is 1. The lowest BCUT2D eigenvalue weighted by atomic mass is 9.71. The van der Waals surface area contributed by atoms with Gasteiger partial charge in [0, 0.05) is 30.4 Å². The minimum atomic E-state index is -0.965. The SMILES string of the molecule is CC(C)(C)C1CCC(N(Cc2ccc(C(=O)NCCC(=O)O)cc2)C(=O)Nc2ccc(-c3ccc(C#N)cc3)cc2)CC1. The average molecular weight is 581 g/mol. The maximum absolute atomic E-state index is 13.7. The zero-order valence-corrected chi connectivity index (χ0v) is 25.1. The second-order valence-corrected chi connectivity index (χ2v) is 12.3. The molecular weight excluding hydrogens is 540 g/mol. The van der Waals surface area contributed by atoms with E-state index in [9.17, 15) is 14.4 Å². The molecule has 0 aromatic heterocycles. The molecule has 8 nitrogen and oxygen atoms in total. The average Bonchev–Trinajstić information content (AvgIpc) is 3.00. The molecule has 0 radical (unpaired) electrons. The number of nitriles is 1. The van der Waals surface area contributed by atoms with Gasteiger partial charge in [-0.2, -0.15) is 5.26 Å². The van der Waals surface area contributed by atoms with Crippen LogP contribution >= 0.6 is 0 Å². The predicted octanol–water partition coefficient (Wildman–Crippen LogP) is 7.07. The Hall–Kier alpha value is -4.64. The van der Waals surface area contributed by atoms with E-state index >= 15 is 0 Å². The number of carbonyl (C=O) groups is 3. The number of hydrogen-bond donors (Lipinski definition) is 3. The van der Waals surface area contributed by atoms with Gasteiger partial charge in [-0.05, 0) is 90.1 Å². The van der Waals surface area contributed by atoms with Crippen LogP contribution in [0.2, 0.25) is 0 Å². The predicted molar refractivity (Wildman–Crippen MR) is 167 cm³/mol. The first kappa shape index (κ1) is 31.3. The molecule has 4 rings (SSSR count). The molecule has 1 aliphatic rings. The van der Waals surface area contributed by atoms with Gasteiger partial charge in [-0.1, -0.05) is 57.2 Å². The van der Waals surface area contributed by atoms with Crippen molar-refractivity contribution in [1.29, 1.82) is 5.26 Å². The Morgan fingerprint density at radius 1 is 0.884 bits per heavy atom. The van der Waals surface area contributed by atoms with Crippen LogP contribution in [-0.4, -0.2) is 40.5 Å². The molecule has 0 heterocycles. The fraction of sp³-hybridized carbons (Fsp3) is 0.371. The van der Waals surface area contributed by atoms with E-state index in [0.29, 0.717) is 29.3 Å². The van der Waals surface area contributed by atoms with Crippen LogP contribution in [0.25, 0.3) is 11.1 Å². The Morgan fingerprint density at radius 2 is 1.47 bits per heavy atom. The molecular formula is C35H40N4O4. The van der Waals surface area contributed by atoms with Gasteiger partial charge < -0.3 is 20.6 Å². The van der Waals surface area contributed by atoms with E-state index in [4.69, 9.17) is 10.4 Å². The van der Waals surface area contributed by atoms with Crippen LogP contribution in [0.5, 0.6) is 0 Å². The third-order valence-electron chi connectivity index (χ3n) is 8.30. The lowest BCUT2D eigenvalue weighted by Crippen LogP contribution is -2.45. The number of hydrogen-bond acceptors (Lipinski definition) is 4. The Kier molecular flexibility index (Phi) is 10.2. The van der Waals surface area contributed by atoms with Gasteiger partial charge in [0.25, 0.3) is 5.91 Å². The highest BCUT2D eigenvalue weighted by atomic mass is 16.4. The van der Waals surface area contributed by atoms with Crippen LogP contribution in [0.1, 0.15) is 74.4 Å². The standard InChI is InChI=1S/C35H40N4O4/c1-35(2,3)29-14-18-31(19-15-29)39(23-25-6-10-28(11-7-25)33(42)37-21-20-32(40)41)34(43)38-30-16-12-27(13-17-30)26-8-4-24(22-36)5-9-26/h4-13,16-17,29,31H,14-15,18-21,23H2,1-3H3,(H,37,42)(H,38,43)(H,40,41). The molecule has 3 amide bonds. The van der Waals surface area contributed by atoms with Crippen molar-refractivity contribution >= 4 is 23.6 Å². The molecule has 0 bridgehead atoms. The number of rotatable bonds is 9. The van der Waals surface area contributed by atoms with Crippen LogP contribution in [0.3, 0.4) is 0 Å². The van der Waals surface area contributed by atoms with Crippen molar-refractivity contribution in [1.82, 2.24) is 10.2 Å². The maximum Gasteiger partial charge on any atom is 0.322 e. The van der Waals surface area contributed by atoms with Crippen molar-refractivity contribution in [3.05, 3.63) is 89.5 Å². The number of nitrogens with zero attached hydrogens (tertiary/aromatic N) is 2. The third kappa shape index (κ3) is 8.68. The first-order valence-corrected chi connectivity index (χ1v) is 14.8. The molecule has 0 unspecified atom stereocenters. The molecule has 3 aromatic carbocycles. The van der Waals surface area contributed by atoms with Gasteiger partial charge in [0.15, 0.2) is 0 Å². The summed E-state index contributed by atoms with van der Waals surface area (Å²) in [6, 6.07) is 24.2. The maximum atomic E-state index is 13.7. The van der Waals surface area contributed by atoms with E-state index in [1.54, 1.807) is 24.3 Å². The highest BCUT2D eigenvalue weighted by Gasteiger charge is 2.33. The van der Waals surface area contributed by atoms with E-state index < -0.39 is 5.97 Å². The number of nitrogens with one attached hydrogen (secondary N) is 2. The Balaban J connectivity index is 1.46. The minimum absolute atomic E-state index is 0.0650. The van der Waals surface area contributed by atoms with Gasteiger partial charge in [-0.3, -0.25) is 9.59 Å². The van der Waals surface area contributed by atoms with E-state index in [1.165, 1.54) is 0 Å². The number of carboxylic acids is 1. The van der Waals surface area contributed by atoms with Gasteiger partial charge in [-0.15, -0.1) is 0 Å². The largest absolute Gasteiger partial charge is 0.481 e. The summed E-state index contributed by atoms with van der Waals surface area (Å²) in [7, 11) is 0. The number of benzene rings is 3. The van der Waals surface area contributed by atoms with Crippen LogP contribution < -0.4 is 10.6 Å². The van der Waals surface area contributed by atoms with Crippen LogP contribution in [0.4, 0.5) is 10.5 Å². The summed E-state index contributed by atoms with van der Waals surface area (Å²) in [5, 5.41) is 23.6. The quantitative estimate of drug-likeness (QED) is 0.250. The Bertz CT molecular complexity index is 1440. The third-order valence-corrected chi connectivity index (χ3v) is 8.30. The first-order chi connectivity index (χ1) is 20.5. The van der Waals surface area contributed by atoms with Crippen molar-refractivity contribution < 1.29 is 19.5 Å². The number of carbonyl (C=O) groups excluding carboxylic acids is 2. The van der Waals surface area contributed by atoms with Crippen molar-refractivity contribution in [2.24, 2.45) is 11.3 Å². The zero-order valence-electron chi connectivity index (χ0n) is 25.1. The highest BCUT2D eigenvalue weighted by molar-refractivity contribution is 5.94. The van der Waals surface area contributed by atoms with Crippen LogP contribution in [0, 0.1) is 22.7 Å². The molecule has 0 aliphatic heterocycles. The van der Waals surface area contributed by atoms with E-state index in [2.05, 4.69) is 37.5 Å². The molecule has 224 valence electrons. The summed E-state index contributed by atoms with van der Waals surface area (Å²) in [4.78, 5) is 38.8. The normalized spacial score (nSPS) is 16.5. The summed E-state index contributed by atoms with van der Waals surface area (Å²) in [6.45, 7) is 7.31. The fourth-order valence-corrected chi connectivity index (χ4v) is 5.64. The van der Waals surface area contributed by atoms with Crippen LogP contribution in [0.15, 0.2) is 72.8 Å². The van der Waals surface area contributed by atoms with E-state index in [-0.39, 0.29) is 36.4 Å². The molecule has 0 atom stereocenters. The summed E-state index contributed by atoms with van der Waals surface area (Å²) < 4.78 is 0. The lowest BCUT2D eigenvalue weighted by molar-refractivity contribution is -0.136. The van der Waals surface area contributed by atoms with E-state index in [1.807, 2.05) is 53.4 Å². The van der Waals surface area contributed by atoms with Crippen molar-refractivity contribution in [3.63, 3.8) is 0 Å². The lowest BCUT2D eigenvalue weighted by Gasteiger charge is -2.41. The monoisotopic (exact) mass is 580 g/mol. The Labute approximate surface area is 253 Å². The van der Waals surface area contributed by atoms with Gasteiger partial charge >= 0.3 is 12.0 Å². The van der Waals surface area contributed by atoms with Crippen molar-refractivity contribution in [2.75, 3.05) is 11.9 Å². The molecule has 3 N–H and O–H groups in total. The number of urea groups is 1. The van der Waals surface area contributed by atoms with Gasteiger partial charge in [0.05, 0.1) is 18.1 Å². The van der Waals surface area contributed by atoms with Gasteiger partial charge in [0.2, 0.25) is 0 Å². The summed E-state index contributed by atoms with van der Waals surface area (Å²) >= 11 is 0. The molecule has 1 saturated carbocycles. The molecule has 1 fully saturated rings. The smallest absolute Gasteiger partial charge is 0.322 e. The topological polar surface area (TPSA) is 123 Å². The number of amides is 3. The summed E-state index contributed by atoms with van der Waals surface area (Å²) in [6.07, 6.45) is 3.84. The molecule has 1 aliphatic carbocycles. The van der Waals surface area contributed by atoms with Crippen molar-refractivity contribution in [3.8, 4) is 17.2 Å². The van der Waals surface area contributed by atoms with Crippen molar-refractivity contribution in [2.45, 2.75) is 65.5 Å². The van der Waals surface area contributed by atoms with Crippen LogP contribution in [-0.2, 0) is 11.3 Å². The second kappa shape index (κ2) is 14.0. The van der Waals surface area contributed by atoms with Gasteiger partial charge in [0.1, 0.15) is 0 Å². The summed E-state index contributed by atoms with van der Waals surface area (Å²) in [5.41, 5.74) is 4.88. The number of anilines is 1. The fourth-order valence-electron chi connectivity index (χ4n) is 5.64. The van der Waals surface area contributed by atoms with Gasteiger partial charge in [-0.25, -0.2) is 4.79 Å². The molecule has 0 saturated heterocycles. The minimum Gasteiger partial charge on any atom is -0.481 e. The summed E-state index contributed by atoms with van der Waals surface area (Å²) in [5.74, 6) is -0.678. The Morgan fingerprint density at radius 3 is 2.00 bits per heavy atom. The molecule has 8 heteroatoms. The molecule has 3 aromatic rings.